The highest BCUT2D eigenvalue weighted by Gasteiger charge is 2.43. The number of ether oxygens (including phenoxy) is 2. The maximum Gasteiger partial charge on any atom is 0.305 e. The number of rotatable bonds is 7. The summed E-state index contributed by atoms with van der Waals surface area (Å²) < 4.78 is 41.9. The third kappa shape index (κ3) is 6.29. The zero-order valence-corrected chi connectivity index (χ0v) is 21.6. The fourth-order valence-electron chi connectivity index (χ4n) is 5.37. The number of hydrogen-bond donors (Lipinski definition) is 1. The van der Waals surface area contributed by atoms with Crippen LogP contribution in [0.25, 0.3) is 11.1 Å². The van der Waals surface area contributed by atoms with Crippen LogP contribution in [0.3, 0.4) is 0 Å². The minimum absolute atomic E-state index is 0.109. The van der Waals surface area contributed by atoms with E-state index in [9.17, 15) is 18.7 Å². The van der Waals surface area contributed by atoms with Crippen molar-refractivity contribution in [2.75, 3.05) is 0 Å². The lowest BCUT2D eigenvalue weighted by Gasteiger charge is -2.46. The largest absolute Gasteiger partial charge is 0.481 e. The van der Waals surface area contributed by atoms with E-state index in [1.54, 1.807) is 31.3 Å². The summed E-state index contributed by atoms with van der Waals surface area (Å²) in [6.07, 6.45) is 7.49. The molecule has 0 radical (unpaired) electrons. The molecule has 1 saturated carbocycles. The summed E-state index contributed by atoms with van der Waals surface area (Å²) in [5, 5.41) is 21.5. The van der Waals surface area contributed by atoms with E-state index < -0.39 is 24.0 Å². The van der Waals surface area contributed by atoms with Crippen molar-refractivity contribution in [2.24, 2.45) is 7.05 Å². The first-order valence-electron chi connectivity index (χ1n) is 13.1. The van der Waals surface area contributed by atoms with Gasteiger partial charge in [0.15, 0.2) is 11.6 Å². The summed E-state index contributed by atoms with van der Waals surface area (Å²) in [4.78, 5) is 11.5. The van der Waals surface area contributed by atoms with Crippen molar-refractivity contribution < 1.29 is 28.2 Å². The van der Waals surface area contributed by atoms with E-state index in [0.717, 1.165) is 19.3 Å². The van der Waals surface area contributed by atoms with Gasteiger partial charge in [0.2, 0.25) is 0 Å². The normalized spacial score (nSPS) is 20.8. The zero-order chi connectivity index (χ0) is 27.4. The summed E-state index contributed by atoms with van der Waals surface area (Å²) in [5.74, 6) is -2.05. The molecule has 2 atom stereocenters. The van der Waals surface area contributed by atoms with Gasteiger partial charge in [-0.2, -0.15) is 0 Å². The molecule has 39 heavy (non-hydrogen) atoms. The molecule has 0 bridgehead atoms. The maximum absolute atomic E-state index is 13.8. The predicted molar refractivity (Wildman–Crippen MR) is 139 cm³/mol. The van der Waals surface area contributed by atoms with Crippen molar-refractivity contribution in [3.05, 3.63) is 89.3 Å². The highest BCUT2D eigenvalue weighted by molar-refractivity contribution is 6.00. The quantitative estimate of drug-likeness (QED) is 0.409. The topological polar surface area (TPSA) is 99.4 Å². The third-order valence-electron chi connectivity index (χ3n) is 7.13. The van der Waals surface area contributed by atoms with Crippen LogP contribution < -0.4 is 0 Å². The van der Waals surface area contributed by atoms with Crippen molar-refractivity contribution in [1.82, 2.24) is 20.2 Å². The molecule has 3 aromatic rings. The molecule has 1 aliphatic heterocycles. The lowest BCUT2D eigenvalue weighted by molar-refractivity contribution is -0.320. The fraction of sp³-hybridized carbons (Fsp3) is 0.379. The highest BCUT2D eigenvalue weighted by atomic mass is 19.1. The fourth-order valence-corrected chi connectivity index (χ4v) is 5.37. The van der Waals surface area contributed by atoms with Crippen LogP contribution in [-0.4, -0.2) is 49.3 Å². The van der Waals surface area contributed by atoms with Gasteiger partial charge in [-0.05, 0) is 64.2 Å². The van der Waals surface area contributed by atoms with Gasteiger partial charge in [0.25, 0.3) is 0 Å². The minimum Gasteiger partial charge on any atom is -0.481 e. The van der Waals surface area contributed by atoms with E-state index in [1.807, 2.05) is 12.2 Å². The molecule has 5 rings (SSSR count). The zero-order valence-electron chi connectivity index (χ0n) is 21.6. The van der Waals surface area contributed by atoms with Gasteiger partial charge in [0, 0.05) is 31.9 Å². The molecule has 1 N–H and O–H groups in total. The Balaban J connectivity index is 1.61. The molecule has 204 valence electrons. The number of allylic oxidation sites excluding steroid dienone is 2. The van der Waals surface area contributed by atoms with Gasteiger partial charge in [-0.15, -0.1) is 5.10 Å². The Bertz CT molecular complexity index is 1320. The van der Waals surface area contributed by atoms with E-state index in [4.69, 9.17) is 9.47 Å². The van der Waals surface area contributed by atoms with Crippen molar-refractivity contribution >= 4 is 17.1 Å². The molecule has 10 heteroatoms. The molecule has 1 spiro atoms. The van der Waals surface area contributed by atoms with Gasteiger partial charge < -0.3 is 14.6 Å². The van der Waals surface area contributed by atoms with Gasteiger partial charge in [0.1, 0.15) is 11.6 Å². The van der Waals surface area contributed by atoms with Crippen molar-refractivity contribution in [3.63, 3.8) is 0 Å². The second-order valence-electron chi connectivity index (χ2n) is 9.99. The average molecular weight is 537 g/mol. The summed E-state index contributed by atoms with van der Waals surface area (Å²) in [5.41, 5.74) is 2.66. The number of aromatic nitrogens is 4. The number of carboxylic acids is 1. The Labute approximate surface area is 224 Å². The van der Waals surface area contributed by atoms with Crippen molar-refractivity contribution in [2.45, 2.75) is 62.9 Å². The summed E-state index contributed by atoms with van der Waals surface area (Å²) in [7, 11) is 1.71. The van der Waals surface area contributed by atoms with Gasteiger partial charge >= 0.3 is 5.97 Å². The van der Waals surface area contributed by atoms with E-state index in [1.165, 1.54) is 28.9 Å². The second-order valence-corrected chi connectivity index (χ2v) is 9.99. The van der Waals surface area contributed by atoms with Crippen LogP contribution in [0.4, 0.5) is 8.78 Å². The van der Waals surface area contributed by atoms with Crippen LogP contribution in [0.1, 0.15) is 61.9 Å². The van der Waals surface area contributed by atoms with Crippen molar-refractivity contribution in [3.8, 4) is 0 Å². The number of hydrogen-bond acceptors (Lipinski definition) is 6. The highest BCUT2D eigenvalue weighted by Crippen LogP contribution is 2.41. The molecule has 2 heterocycles. The molecule has 2 fully saturated rings. The Hall–Kier alpha value is -3.76. The molecular weight excluding hydrogens is 506 g/mol. The lowest BCUT2D eigenvalue weighted by Crippen LogP contribution is -2.49. The molecule has 2 aliphatic rings. The van der Waals surface area contributed by atoms with Crippen LogP contribution in [0, 0.1) is 11.6 Å². The predicted octanol–water partition coefficient (Wildman–Crippen LogP) is 5.31. The summed E-state index contributed by atoms with van der Waals surface area (Å²) in [6, 6.07) is 12.0. The van der Waals surface area contributed by atoms with Crippen LogP contribution >= 0.6 is 0 Å². The third-order valence-corrected chi connectivity index (χ3v) is 7.13. The Morgan fingerprint density at radius 3 is 2.18 bits per heavy atom. The monoisotopic (exact) mass is 536 g/mol. The minimum atomic E-state index is -0.920. The first-order valence-corrected chi connectivity index (χ1v) is 13.1. The molecule has 0 amide bonds. The molecule has 8 nitrogen and oxygen atoms in total. The maximum atomic E-state index is 13.8. The molecule has 2 unspecified atom stereocenters. The number of tetrazole rings is 1. The SMILES string of the molecule is Cn1nnnc1C(/C=C\C1CC(CC(=O)O)OC2(CCCCC2)O1)=C(c1ccc(F)cc1)c1ccc(F)cc1. The van der Waals surface area contributed by atoms with E-state index in [2.05, 4.69) is 15.5 Å². The van der Waals surface area contributed by atoms with Crippen molar-refractivity contribution in [1.29, 1.82) is 0 Å². The van der Waals surface area contributed by atoms with Gasteiger partial charge in [-0.1, -0.05) is 42.8 Å². The Kier molecular flexibility index (Phi) is 7.94. The van der Waals surface area contributed by atoms with Gasteiger partial charge in [0.05, 0.1) is 18.6 Å². The smallest absolute Gasteiger partial charge is 0.305 e. The number of carboxylic acid groups (broad SMARTS) is 1. The molecule has 1 aliphatic carbocycles. The van der Waals surface area contributed by atoms with Gasteiger partial charge in [-0.3, -0.25) is 4.79 Å². The summed E-state index contributed by atoms with van der Waals surface area (Å²) >= 11 is 0. The number of aryl methyl sites for hydroxylation is 1. The number of halogens is 2. The summed E-state index contributed by atoms with van der Waals surface area (Å²) in [6.45, 7) is 0. The van der Waals surface area contributed by atoms with Crippen LogP contribution in [-0.2, 0) is 21.3 Å². The van der Waals surface area contributed by atoms with Crippen LogP contribution in [0.15, 0.2) is 60.7 Å². The van der Waals surface area contributed by atoms with Crippen LogP contribution in [0.5, 0.6) is 0 Å². The number of aliphatic carboxylic acids is 1. The second kappa shape index (κ2) is 11.5. The first-order chi connectivity index (χ1) is 18.8. The average Bonchev–Trinajstić information content (AvgIpc) is 3.33. The molecule has 2 aromatic carbocycles. The van der Waals surface area contributed by atoms with Crippen LogP contribution in [0.2, 0.25) is 0 Å². The standard InChI is InChI=1S/C29H30F2N4O4/c1-35-28(32-33-34-35)25(27(19-5-9-21(30)10-6-19)20-7-11-22(31)12-8-20)14-13-23-17-24(18-26(36)37)39-29(38-23)15-3-2-4-16-29/h5-14,23-24H,2-4,15-18H2,1H3,(H,36,37)/b14-13-. The van der Waals surface area contributed by atoms with E-state index in [0.29, 0.717) is 47.4 Å². The molecule has 1 saturated heterocycles. The van der Waals surface area contributed by atoms with E-state index >= 15 is 0 Å². The molecular formula is C29H30F2N4O4. The number of carbonyl (C=O) groups is 1. The Morgan fingerprint density at radius 1 is 1.03 bits per heavy atom. The van der Waals surface area contributed by atoms with E-state index in [-0.39, 0.29) is 18.1 Å². The first kappa shape index (κ1) is 26.8. The molecule has 1 aromatic heterocycles. The van der Waals surface area contributed by atoms with Gasteiger partial charge in [-0.25, -0.2) is 13.5 Å². The number of nitrogens with zero attached hydrogens (tertiary/aromatic N) is 4. The number of benzene rings is 2. The Morgan fingerprint density at radius 2 is 1.64 bits per heavy atom. The lowest BCUT2D eigenvalue weighted by atomic mass is 9.90.